The van der Waals surface area contributed by atoms with Gasteiger partial charge in [0.2, 0.25) is 0 Å². The summed E-state index contributed by atoms with van der Waals surface area (Å²) in [5, 5.41) is 12.0. The van der Waals surface area contributed by atoms with Crippen LogP contribution in [0.15, 0.2) is 34.9 Å². The molecule has 0 bridgehead atoms. The summed E-state index contributed by atoms with van der Waals surface area (Å²) in [6, 6.07) is 9.99. The molecule has 2 rings (SSSR count). The molecule has 0 atom stereocenters. The third-order valence-corrected chi connectivity index (χ3v) is 3.21. The SMILES string of the molecule is Cc1ccc(Nc2ncc(C#N)cc2Br)c(C)c1. The van der Waals surface area contributed by atoms with Crippen molar-refractivity contribution in [1.82, 2.24) is 4.98 Å². The Hall–Kier alpha value is -1.86. The highest BCUT2D eigenvalue weighted by Crippen LogP contribution is 2.26. The standard InChI is InChI=1S/C14H12BrN3/c1-9-3-4-13(10(2)5-9)18-14-12(15)6-11(7-16)8-17-14/h3-6,8H,1-2H3,(H,17,18). The Morgan fingerprint density at radius 3 is 2.67 bits per heavy atom. The van der Waals surface area contributed by atoms with Crippen molar-refractivity contribution in [3.8, 4) is 6.07 Å². The fourth-order valence-electron chi connectivity index (χ4n) is 1.67. The van der Waals surface area contributed by atoms with Crippen LogP contribution in [0.25, 0.3) is 0 Å². The van der Waals surface area contributed by atoms with E-state index in [-0.39, 0.29) is 0 Å². The number of nitrogens with zero attached hydrogens (tertiary/aromatic N) is 2. The molecule has 0 unspecified atom stereocenters. The summed E-state index contributed by atoms with van der Waals surface area (Å²) in [5.41, 5.74) is 3.93. The third kappa shape index (κ3) is 2.69. The fraction of sp³-hybridized carbons (Fsp3) is 0.143. The first-order chi connectivity index (χ1) is 8.60. The molecule has 0 aliphatic rings. The van der Waals surface area contributed by atoms with E-state index in [1.807, 2.05) is 19.1 Å². The predicted molar refractivity (Wildman–Crippen MR) is 75.9 cm³/mol. The van der Waals surface area contributed by atoms with E-state index in [1.165, 1.54) is 5.56 Å². The molecule has 2 aromatic rings. The van der Waals surface area contributed by atoms with E-state index in [0.29, 0.717) is 11.4 Å². The van der Waals surface area contributed by atoms with Gasteiger partial charge in [-0.2, -0.15) is 5.26 Å². The van der Waals surface area contributed by atoms with Gasteiger partial charge in [-0.15, -0.1) is 0 Å². The summed E-state index contributed by atoms with van der Waals surface area (Å²) in [7, 11) is 0. The maximum atomic E-state index is 8.79. The molecular formula is C14H12BrN3. The molecule has 90 valence electrons. The molecule has 4 heteroatoms. The van der Waals surface area contributed by atoms with E-state index >= 15 is 0 Å². The molecule has 1 aromatic carbocycles. The number of rotatable bonds is 2. The first kappa shape index (κ1) is 12.6. The van der Waals surface area contributed by atoms with Crippen molar-refractivity contribution < 1.29 is 0 Å². The molecule has 0 saturated heterocycles. The van der Waals surface area contributed by atoms with E-state index in [0.717, 1.165) is 15.7 Å². The normalized spacial score (nSPS) is 9.89. The van der Waals surface area contributed by atoms with Crippen molar-refractivity contribution in [3.05, 3.63) is 51.6 Å². The average Bonchev–Trinajstić information content (AvgIpc) is 2.34. The van der Waals surface area contributed by atoms with Crippen molar-refractivity contribution in [2.24, 2.45) is 0 Å². The van der Waals surface area contributed by atoms with Crippen LogP contribution in [0.3, 0.4) is 0 Å². The maximum Gasteiger partial charge on any atom is 0.144 e. The minimum absolute atomic E-state index is 0.535. The molecular weight excluding hydrogens is 290 g/mol. The molecule has 0 saturated carbocycles. The van der Waals surface area contributed by atoms with Gasteiger partial charge < -0.3 is 5.32 Å². The summed E-state index contributed by atoms with van der Waals surface area (Å²) in [5.74, 6) is 0.709. The maximum absolute atomic E-state index is 8.79. The van der Waals surface area contributed by atoms with Gasteiger partial charge in [0.1, 0.15) is 11.9 Å². The third-order valence-electron chi connectivity index (χ3n) is 2.61. The van der Waals surface area contributed by atoms with Crippen LogP contribution in [0.5, 0.6) is 0 Å². The van der Waals surface area contributed by atoms with Gasteiger partial charge in [0.25, 0.3) is 0 Å². The number of hydrogen-bond acceptors (Lipinski definition) is 3. The van der Waals surface area contributed by atoms with Crippen LogP contribution < -0.4 is 5.32 Å². The minimum atomic E-state index is 0.535. The monoisotopic (exact) mass is 301 g/mol. The fourth-order valence-corrected chi connectivity index (χ4v) is 2.12. The Labute approximate surface area is 115 Å². The van der Waals surface area contributed by atoms with E-state index in [9.17, 15) is 0 Å². The summed E-state index contributed by atoms with van der Waals surface area (Å²) in [6.07, 6.45) is 1.55. The molecule has 0 amide bonds. The molecule has 0 radical (unpaired) electrons. The number of anilines is 2. The van der Waals surface area contributed by atoms with Crippen molar-refractivity contribution in [2.75, 3.05) is 5.32 Å². The van der Waals surface area contributed by atoms with Crippen LogP contribution in [-0.2, 0) is 0 Å². The van der Waals surface area contributed by atoms with Crippen molar-refractivity contribution in [3.63, 3.8) is 0 Å². The Morgan fingerprint density at radius 2 is 2.06 bits per heavy atom. The molecule has 0 aliphatic heterocycles. The van der Waals surface area contributed by atoms with Crippen molar-refractivity contribution >= 4 is 27.4 Å². The zero-order valence-corrected chi connectivity index (χ0v) is 11.7. The summed E-state index contributed by atoms with van der Waals surface area (Å²) < 4.78 is 0.779. The van der Waals surface area contributed by atoms with E-state index in [4.69, 9.17) is 5.26 Å². The Morgan fingerprint density at radius 1 is 1.28 bits per heavy atom. The first-order valence-corrected chi connectivity index (χ1v) is 6.29. The Kier molecular flexibility index (Phi) is 3.63. The lowest BCUT2D eigenvalue weighted by molar-refractivity contribution is 1.26. The van der Waals surface area contributed by atoms with Crippen LogP contribution in [0.2, 0.25) is 0 Å². The Balaban J connectivity index is 2.32. The van der Waals surface area contributed by atoms with Crippen molar-refractivity contribution in [1.29, 1.82) is 5.26 Å². The van der Waals surface area contributed by atoms with E-state index in [1.54, 1.807) is 12.3 Å². The van der Waals surface area contributed by atoms with Gasteiger partial charge in [-0.1, -0.05) is 17.7 Å². The summed E-state index contributed by atoms with van der Waals surface area (Å²) in [4.78, 5) is 4.23. The van der Waals surface area contributed by atoms with Gasteiger partial charge in [0.15, 0.2) is 0 Å². The second-order valence-corrected chi connectivity index (χ2v) is 4.96. The smallest absolute Gasteiger partial charge is 0.144 e. The van der Waals surface area contributed by atoms with Gasteiger partial charge in [-0.25, -0.2) is 4.98 Å². The topological polar surface area (TPSA) is 48.7 Å². The van der Waals surface area contributed by atoms with Gasteiger partial charge in [-0.05, 0) is 47.5 Å². The molecule has 1 N–H and O–H groups in total. The van der Waals surface area contributed by atoms with Crippen LogP contribution in [0, 0.1) is 25.2 Å². The summed E-state index contributed by atoms with van der Waals surface area (Å²) in [6.45, 7) is 4.11. The summed E-state index contributed by atoms with van der Waals surface area (Å²) >= 11 is 3.41. The average molecular weight is 302 g/mol. The van der Waals surface area contributed by atoms with Crippen molar-refractivity contribution in [2.45, 2.75) is 13.8 Å². The zero-order chi connectivity index (χ0) is 13.1. The molecule has 0 spiro atoms. The number of aromatic nitrogens is 1. The number of aryl methyl sites for hydroxylation is 2. The first-order valence-electron chi connectivity index (χ1n) is 5.50. The highest BCUT2D eigenvalue weighted by atomic mass is 79.9. The van der Waals surface area contributed by atoms with Crippen LogP contribution in [0.4, 0.5) is 11.5 Å². The van der Waals surface area contributed by atoms with Crippen LogP contribution >= 0.6 is 15.9 Å². The molecule has 1 aromatic heterocycles. The number of hydrogen-bond donors (Lipinski definition) is 1. The highest BCUT2D eigenvalue weighted by molar-refractivity contribution is 9.10. The van der Waals surface area contributed by atoms with Gasteiger partial charge >= 0.3 is 0 Å². The van der Waals surface area contributed by atoms with E-state index in [2.05, 4.69) is 45.3 Å². The number of halogens is 1. The second-order valence-electron chi connectivity index (χ2n) is 4.11. The largest absolute Gasteiger partial charge is 0.339 e. The number of nitriles is 1. The molecule has 0 fully saturated rings. The van der Waals surface area contributed by atoms with Crippen LogP contribution in [0.1, 0.15) is 16.7 Å². The predicted octanol–water partition coefficient (Wildman–Crippen LogP) is 4.08. The van der Waals surface area contributed by atoms with Gasteiger partial charge in [0, 0.05) is 11.9 Å². The zero-order valence-electron chi connectivity index (χ0n) is 10.2. The lowest BCUT2D eigenvalue weighted by atomic mass is 10.1. The van der Waals surface area contributed by atoms with Crippen LogP contribution in [-0.4, -0.2) is 4.98 Å². The highest BCUT2D eigenvalue weighted by Gasteiger charge is 2.05. The number of nitrogens with one attached hydrogen (secondary N) is 1. The number of pyridine rings is 1. The second kappa shape index (κ2) is 5.19. The molecule has 18 heavy (non-hydrogen) atoms. The molecule has 3 nitrogen and oxygen atoms in total. The number of benzene rings is 1. The van der Waals surface area contributed by atoms with Gasteiger partial charge in [-0.3, -0.25) is 0 Å². The molecule has 0 aliphatic carbocycles. The lowest BCUT2D eigenvalue weighted by Gasteiger charge is -2.10. The quantitative estimate of drug-likeness (QED) is 0.909. The van der Waals surface area contributed by atoms with Gasteiger partial charge in [0.05, 0.1) is 10.0 Å². The Bertz CT molecular complexity index is 629. The van der Waals surface area contributed by atoms with E-state index < -0.39 is 0 Å². The lowest BCUT2D eigenvalue weighted by Crippen LogP contribution is -1.97. The minimum Gasteiger partial charge on any atom is -0.339 e. The molecule has 1 heterocycles.